The van der Waals surface area contributed by atoms with E-state index >= 15 is 0 Å². The van der Waals surface area contributed by atoms with Crippen molar-refractivity contribution in [3.63, 3.8) is 0 Å². The molecule has 0 radical (unpaired) electrons. The number of primary amides is 1. The van der Waals surface area contributed by atoms with Crippen molar-refractivity contribution in [1.82, 2.24) is 20.5 Å². The van der Waals surface area contributed by atoms with Crippen LogP contribution in [-0.4, -0.2) is 109 Å². The minimum absolute atomic E-state index is 0.0584. The summed E-state index contributed by atoms with van der Waals surface area (Å²) in [7, 11) is 2.93. The van der Waals surface area contributed by atoms with Crippen molar-refractivity contribution in [1.29, 1.82) is 0 Å². The summed E-state index contributed by atoms with van der Waals surface area (Å²) in [5.74, 6) is -0.684. The van der Waals surface area contributed by atoms with Gasteiger partial charge in [0.05, 0.1) is 62.0 Å². The van der Waals surface area contributed by atoms with Gasteiger partial charge in [0.2, 0.25) is 11.8 Å². The van der Waals surface area contributed by atoms with Gasteiger partial charge in [-0.3, -0.25) is 24.2 Å². The van der Waals surface area contributed by atoms with Crippen LogP contribution in [0.2, 0.25) is 0 Å². The van der Waals surface area contributed by atoms with Gasteiger partial charge in [-0.15, -0.1) is 0 Å². The molecule has 0 fully saturated rings. The van der Waals surface area contributed by atoms with Crippen LogP contribution in [0.15, 0.2) is 101 Å². The van der Waals surface area contributed by atoms with E-state index in [2.05, 4.69) is 21.2 Å². The van der Waals surface area contributed by atoms with Crippen molar-refractivity contribution in [2.75, 3.05) is 37.8 Å². The van der Waals surface area contributed by atoms with Gasteiger partial charge < -0.3 is 55.1 Å². The molecule has 0 saturated heterocycles. The maximum absolute atomic E-state index is 14.3. The Kier molecular flexibility index (Phi) is 15.9. The molecule has 2 unspecified atom stereocenters. The monoisotopic (exact) mass is 960 g/mol. The average Bonchev–Trinajstić information content (AvgIpc) is 3.92. The van der Waals surface area contributed by atoms with E-state index in [1.54, 1.807) is 74.5 Å². The van der Waals surface area contributed by atoms with E-state index in [0.717, 1.165) is 16.0 Å². The number of hydrogen-bond donors (Lipinski definition) is 5. The summed E-state index contributed by atoms with van der Waals surface area (Å²) in [4.78, 5) is 75.3. The Morgan fingerprint density at radius 2 is 1.46 bits per heavy atom. The van der Waals surface area contributed by atoms with Gasteiger partial charge in [0.1, 0.15) is 18.7 Å². The molecule has 4 aliphatic rings. The van der Waals surface area contributed by atoms with Crippen molar-refractivity contribution in [3.8, 4) is 23.0 Å². The summed E-state index contributed by atoms with van der Waals surface area (Å²) >= 11 is 0. The molecule has 0 spiro atoms. The third-order valence-corrected chi connectivity index (χ3v) is 12.1. The molecule has 5 atom stereocenters. The number of nitrogens with zero attached hydrogens (tertiary/aromatic N) is 4. The van der Waals surface area contributed by atoms with E-state index in [0.29, 0.717) is 46.8 Å². The van der Waals surface area contributed by atoms with E-state index in [9.17, 15) is 29.1 Å². The Morgan fingerprint density at radius 3 is 2.09 bits per heavy atom. The van der Waals surface area contributed by atoms with E-state index in [-0.39, 0.29) is 66.9 Å². The fourth-order valence-electron chi connectivity index (χ4n) is 8.46. The minimum atomic E-state index is -1.53. The number of aliphatic imine (C=N–C) groups is 1. The number of rotatable bonds is 19. The first-order valence-electron chi connectivity index (χ1n) is 23.1. The van der Waals surface area contributed by atoms with Gasteiger partial charge in [0.15, 0.2) is 29.2 Å². The average molecular weight is 961 g/mol. The maximum Gasteiger partial charge on any atom is 0.416 e. The van der Waals surface area contributed by atoms with Crippen LogP contribution < -0.4 is 45.7 Å². The van der Waals surface area contributed by atoms with Crippen molar-refractivity contribution < 1.29 is 52.8 Å². The predicted octanol–water partition coefficient (Wildman–Crippen LogP) is 6.02. The number of hydrogen-bond acceptors (Lipinski definition) is 14. The van der Waals surface area contributed by atoms with Crippen LogP contribution in [-0.2, 0) is 20.9 Å². The molecule has 370 valence electrons. The van der Waals surface area contributed by atoms with Crippen LogP contribution in [0.1, 0.15) is 80.2 Å². The molecule has 7 rings (SSSR count). The molecule has 3 aromatic rings. The fraction of sp³-hybridized carbons (Fsp3) is 0.373. The normalized spacial score (nSPS) is 19.1. The summed E-state index contributed by atoms with van der Waals surface area (Å²) in [6.45, 7) is 9.07. The molecule has 0 saturated carbocycles. The molecule has 0 aliphatic carbocycles. The van der Waals surface area contributed by atoms with E-state index < -0.39 is 48.2 Å². The van der Waals surface area contributed by atoms with Crippen LogP contribution in [0.25, 0.3) is 0 Å². The Balaban J connectivity index is 1.03. The zero-order chi connectivity index (χ0) is 50.2. The smallest absolute Gasteiger partial charge is 0.416 e. The lowest BCUT2D eigenvalue weighted by atomic mass is 10.0. The van der Waals surface area contributed by atoms with Gasteiger partial charge in [0, 0.05) is 42.9 Å². The highest BCUT2D eigenvalue weighted by Crippen LogP contribution is 2.43. The SMILES string of the molecule is C/C=C/C1=CN2C(=O)c3cc(OC)c(OCCCOc4cc5c(cc4OC)C(=O)N4C=C(/C=C/C)C[C@H]4[C@H](O)N5C(=O)OCc4ccc(NNC(C)C(=O)NC(C(N)=O)C(C)C)cc4)cc3N=C[C@@H]2C1. The van der Waals surface area contributed by atoms with Crippen molar-refractivity contribution >= 4 is 53.0 Å². The zero-order valence-electron chi connectivity index (χ0n) is 40.3. The summed E-state index contributed by atoms with van der Waals surface area (Å²) < 4.78 is 29.5. The number of benzene rings is 3. The van der Waals surface area contributed by atoms with E-state index in [1.807, 2.05) is 44.4 Å². The van der Waals surface area contributed by atoms with Gasteiger partial charge in [-0.1, -0.05) is 50.3 Å². The summed E-state index contributed by atoms with van der Waals surface area (Å²) in [5.41, 5.74) is 15.3. The highest BCUT2D eigenvalue weighted by molar-refractivity contribution is 6.07. The molecule has 4 aliphatic heterocycles. The highest BCUT2D eigenvalue weighted by Gasteiger charge is 2.45. The topological polar surface area (TPSA) is 236 Å². The van der Waals surface area contributed by atoms with Gasteiger partial charge >= 0.3 is 6.09 Å². The Bertz CT molecular complexity index is 2640. The van der Waals surface area contributed by atoms with E-state index in [4.69, 9.17) is 29.4 Å². The number of hydrazine groups is 1. The molecule has 5 amide bonds. The maximum atomic E-state index is 14.3. The highest BCUT2D eigenvalue weighted by atomic mass is 16.6. The number of aliphatic hydroxyl groups is 1. The number of nitrogens with one attached hydrogen (secondary N) is 3. The Morgan fingerprint density at radius 1 is 0.843 bits per heavy atom. The summed E-state index contributed by atoms with van der Waals surface area (Å²) in [6.07, 6.45) is 11.7. The second kappa shape index (κ2) is 22.2. The van der Waals surface area contributed by atoms with Crippen LogP contribution >= 0.6 is 0 Å². The van der Waals surface area contributed by atoms with Crippen LogP contribution in [0.4, 0.5) is 21.9 Å². The number of fused-ring (bicyclic) bond motifs is 4. The molecule has 4 heterocycles. The predicted molar refractivity (Wildman–Crippen MR) is 262 cm³/mol. The van der Waals surface area contributed by atoms with E-state index in [1.165, 1.54) is 31.3 Å². The van der Waals surface area contributed by atoms with Gasteiger partial charge in [-0.25, -0.2) is 15.1 Å². The van der Waals surface area contributed by atoms with Crippen molar-refractivity contribution in [2.45, 2.75) is 90.9 Å². The summed E-state index contributed by atoms with van der Waals surface area (Å²) in [5, 5.41) is 14.6. The molecule has 3 aromatic carbocycles. The standard InChI is InChI=1S/C51H60N8O11/c1-8-11-32-19-35-25-53-38-23-43(41(66-6)21-36(38)48(62)57(35)26-32)68-17-10-18-69-44-24-39-37(22-42(44)67-7)49(63)58-27-33(12-9-2)20-40(58)50(64)59(39)51(65)70-28-31-13-15-34(16-14-31)56-55-30(5)47(61)54-45(29(3)4)46(52)60/h8-9,11-16,21-27,29-30,35,40,45,50,55-56,64H,10,17-20,28H2,1-7H3,(H2,52,60)(H,54,61)/b11-8+,12-9+/t30?,35-,40-,45?,50-/m0/s1. The first-order valence-corrected chi connectivity index (χ1v) is 23.1. The first-order chi connectivity index (χ1) is 33.6. The second-order valence-corrected chi connectivity index (χ2v) is 17.4. The molecule has 19 heteroatoms. The lowest BCUT2D eigenvalue weighted by molar-refractivity contribution is -0.129. The van der Waals surface area contributed by atoms with Gasteiger partial charge in [-0.2, -0.15) is 0 Å². The Labute approximate surface area is 406 Å². The zero-order valence-corrected chi connectivity index (χ0v) is 40.3. The number of nitrogens with two attached hydrogens (primary N) is 1. The number of carbonyl (C=O) groups is 5. The third kappa shape index (κ3) is 11.0. The number of methoxy groups -OCH3 is 2. The molecular weight excluding hydrogens is 901 g/mol. The lowest BCUT2D eigenvalue weighted by Crippen LogP contribution is -2.53. The second-order valence-electron chi connectivity index (χ2n) is 17.4. The largest absolute Gasteiger partial charge is 0.493 e. The van der Waals surface area contributed by atoms with Gasteiger partial charge in [-0.05, 0) is 80.5 Å². The molecule has 6 N–H and O–H groups in total. The molecule has 70 heavy (non-hydrogen) atoms. The Hall–Kier alpha value is -7.64. The van der Waals surface area contributed by atoms with Crippen LogP contribution in [0.3, 0.4) is 0 Å². The summed E-state index contributed by atoms with van der Waals surface area (Å²) in [6, 6.07) is 10.6. The third-order valence-electron chi connectivity index (χ3n) is 12.1. The molecule has 19 nitrogen and oxygen atoms in total. The number of ether oxygens (including phenoxy) is 5. The first kappa shape index (κ1) is 50.2. The lowest BCUT2D eigenvalue weighted by Gasteiger charge is -2.31. The molecular formula is C51H60N8O11. The number of allylic oxidation sites excluding steroid dienone is 4. The van der Waals surface area contributed by atoms with Crippen molar-refractivity contribution in [3.05, 3.63) is 113 Å². The fourth-order valence-corrected chi connectivity index (χ4v) is 8.46. The number of amides is 5. The van der Waals surface area contributed by atoms with Crippen molar-refractivity contribution in [2.24, 2.45) is 16.6 Å². The number of carbonyl (C=O) groups excluding carboxylic acids is 5. The molecule has 0 aromatic heterocycles. The van der Waals surface area contributed by atoms with Crippen LogP contribution in [0, 0.1) is 5.92 Å². The number of aliphatic hydroxyl groups excluding tert-OH is 1. The van der Waals surface area contributed by atoms with Crippen LogP contribution in [0.5, 0.6) is 23.0 Å². The molecule has 0 bridgehead atoms. The quantitative estimate of drug-likeness (QED) is 0.0684. The van der Waals surface area contributed by atoms with Gasteiger partial charge in [0.25, 0.3) is 11.8 Å². The number of anilines is 2. The minimum Gasteiger partial charge on any atom is -0.493 e.